The normalized spacial score (nSPS) is 11.2. The molecule has 0 amide bonds. The molecule has 1 N–H and O–H groups in total. The molecular formula is C33H30N3OPtS-. The van der Waals surface area contributed by atoms with Crippen molar-refractivity contribution in [3.05, 3.63) is 108 Å². The minimum atomic E-state index is -0.0893. The van der Waals surface area contributed by atoms with Gasteiger partial charge in [-0.15, -0.1) is 29.3 Å². The van der Waals surface area contributed by atoms with Crippen molar-refractivity contribution in [1.82, 2.24) is 15.0 Å². The predicted octanol–water partition coefficient (Wildman–Crippen LogP) is 8.44. The molecule has 5 rings (SSSR count). The van der Waals surface area contributed by atoms with Crippen LogP contribution in [0.2, 0.25) is 0 Å². The summed E-state index contributed by atoms with van der Waals surface area (Å²) in [5.41, 5.74) is 7.37. The molecular weight excluding hydrogens is 682 g/mol. The molecule has 6 heteroatoms. The van der Waals surface area contributed by atoms with Gasteiger partial charge in [0.25, 0.3) is 0 Å². The van der Waals surface area contributed by atoms with E-state index in [0.29, 0.717) is 17.1 Å². The van der Waals surface area contributed by atoms with E-state index in [1.807, 2.05) is 42.5 Å². The second-order valence-corrected chi connectivity index (χ2v) is 11.5. The van der Waals surface area contributed by atoms with Gasteiger partial charge in [0.05, 0.1) is 22.2 Å². The first kappa shape index (κ1) is 28.7. The molecule has 0 atom stereocenters. The summed E-state index contributed by atoms with van der Waals surface area (Å²) in [7, 11) is 0. The Hall–Kier alpha value is -3.27. The van der Waals surface area contributed by atoms with Gasteiger partial charge in [-0.05, 0) is 60.7 Å². The zero-order chi connectivity index (χ0) is 26.9. The van der Waals surface area contributed by atoms with E-state index in [2.05, 4.69) is 76.0 Å². The number of aromatic hydroxyl groups is 1. The molecule has 0 saturated carbocycles. The maximum Gasteiger partial charge on any atom is 0.124 e. The van der Waals surface area contributed by atoms with Crippen LogP contribution in [0.1, 0.15) is 37.5 Å². The Morgan fingerprint density at radius 2 is 1.49 bits per heavy atom. The van der Waals surface area contributed by atoms with Crippen LogP contribution in [-0.4, -0.2) is 20.1 Å². The van der Waals surface area contributed by atoms with Crippen LogP contribution in [0.15, 0.2) is 95.0 Å². The first-order chi connectivity index (χ1) is 18.2. The second kappa shape index (κ2) is 11.9. The largest absolute Gasteiger partial charge is 0.507 e. The van der Waals surface area contributed by atoms with E-state index >= 15 is 0 Å². The van der Waals surface area contributed by atoms with Gasteiger partial charge < -0.3 is 5.11 Å². The van der Waals surface area contributed by atoms with Crippen molar-refractivity contribution in [3.63, 3.8) is 0 Å². The van der Waals surface area contributed by atoms with Crippen LogP contribution in [-0.2, 0) is 26.5 Å². The molecule has 0 bridgehead atoms. The Kier molecular flexibility index (Phi) is 8.73. The number of phenolic OH excluding ortho intramolecular Hbond substituents is 1. The monoisotopic (exact) mass is 711 g/mol. The Labute approximate surface area is 249 Å². The number of rotatable bonds is 5. The van der Waals surface area contributed by atoms with E-state index in [0.717, 1.165) is 43.4 Å². The Bertz CT molecular complexity index is 1590. The smallest absolute Gasteiger partial charge is 0.124 e. The van der Waals surface area contributed by atoms with Crippen molar-refractivity contribution < 1.29 is 26.2 Å². The van der Waals surface area contributed by atoms with Crippen molar-refractivity contribution in [2.75, 3.05) is 0 Å². The molecule has 0 spiro atoms. The van der Waals surface area contributed by atoms with Crippen molar-refractivity contribution in [1.29, 1.82) is 0 Å². The summed E-state index contributed by atoms with van der Waals surface area (Å²) < 4.78 is 0. The van der Waals surface area contributed by atoms with E-state index in [1.165, 1.54) is 0 Å². The molecule has 4 nitrogen and oxygen atoms in total. The van der Waals surface area contributed by atoms with Crippen LogP contribution in [0.4, 0.5) is 0 Å². The summed E-state index contributed by atoms with van der Waals surface area (Å²) in [4.78, 5) is 15.5. The third-order valence-electron chi connectivity index (χ3n) is 6.45. The van der Waals surface area contributed by atoms with Gasteiger partial charge in [-0.2, -0.15) is 0 Å². The molecule has 0 aliphatic carbocycles. The molecule has 2 aromatic heterocycles. The minimum Gasteiger partial charge on any atom is -0.507 e. The number of aromatic nitrogens is 3. The fourth-order valence-corrected chi connectivity index (χ4v) is 5.25. The molecule has 200 valence electrons. The Balaban J connectivity index is 0.00000353. The summed E-state index contributed by atoms with van der Waals surface area (Å²) in [5.74, 6) is 0.751. The van der Waals surface area contributed by atoms with Gasteiger partial charge in [-0.1, -0.05) is 73.8 Å². The number of hydrogen-bond acceptors (Lipinski definition) is 5. The maximum atomic E-state index is 10.7. The third-order valence-corrected chi connectivity index (χ3v) is 7.34. The van der Waals surface area contributed by atoms with Gasteiger partial charge >= 0.3 is 0 Å². The third kappa shape index (κ3) is 6.49. The van der Waals surface area contributed by atoms with Gasteiger partial charge in [0, 0.05) is 38.4 Å². The molecule has 0 unspecified atom stereocenters. The van der Waals surface area contributed by atoms with Crippen LogP contribution in [0.25, 0.3) is 33.9 Å². The number of hydrogen-bond donors (Lipinski definition) is 1. The van der Waals surface area contributed by atoms with Crippen LogP contribution in [0.5, 0.6) is 5.75 Å². The van der Waals surface area contributed by atoms with Crippen molar-refractivity contribution >= 4 is 11.8 Å². The molecule has 0 aliphatic rings. The van der Waals surface area contributed by atoms with Gasteiger partial charge in [-0.3, -0.25) is 9.97 Å². The van der Waals surface area contributed by atoms with E-state index in [4.69, 9.17) is 9.97 Å². The summed E-state index contributed by atoms with van der Waals surface area (Å²) in [6.07, 6.45) is 1.80. The zero-order valence-corrected chi connectivity index (χ0v) is 25.7. The fraction of sp³-hybridized carbons (Fsp3) is 0.182. The molecule has 5 aromatic rings. The number of nitrogens with zero attached hydrogens (tertiary/aromatic N) is 3. The number of benzene rings is 3. The summed E-state index contributed by atoms with van der Waals surface area (Å²) in [5, 5.41) is 11.6. The zero-order valence-electron chi connectivity index (χ0n) is 22.6. The van der Waals surface area contributed by atoms with Crippen molar-refractivity contribution in [2.24, 2.45) is 0 Å². The molecule has 0 fully saturated rings. The van der Waals surface area contributed by atoms with Crippen molar-refractivity contribution in [3.8, 4) is 39.7 Å². The molecule has 39 heavy (non-hydrogen) atoms. The van der Waals surface area contributed by atoms with Gasteiger partial charge in [0.1, 0.15) is 5.75 Å². The number of phenols is 1. The van der Waals surface area contributed by atoms with E-state index < -0.39 is 0 Å². The number of pyridine rings is 1. The summed E-state index contributed by atoms with van der Waals surface area (Å²) in [6.45, 7) is 10.8. The first-order valence-electron chi connectivity index (χ1n) is 12.6. The maximum absolute atomic E-state index is 10.7. The van der Waals surface area contributed by atoms with Crippen LogP contribution in [0.3, 0.4) is 0 Å². The number of aryl methyl sites for hydroxylation is 2. The fourth-order valence-electron chi connectivity index (χ4n) is 4.41. The Morgan fingerprint density at radius 1 is 0.795 bits per heavy atom. The summed E-state index contributed by atoms with van der Waals surface area (Å²) >= 11 is 1.57. The SMILES string of the molecule is Cc1cccc(C)c1-c1cc(-c2ccccc2O)nc(-c2[c-]c(Sc3ccccn3)cc(C(C)(C)C)c2)n1.[Pt]. The standard InChI is InChI=1S/C33H30N3OS.Pt/c1-21-11-10-12-22(2)31(21)28-20-27(26-13-6-7-14-29(26)37)35-32(36-28)23-17-24(33(3,4)5)19-25(18-23)38-30-15-8-9-16-34-30;/h6-17,19-20,37H,1-5H3;/q-1;. The molecule has 0 radical (unpaired) electrons. The molecule has 3 aromatic carbocycles. The second-order valence-electron chi connectivity index (χ2n) is 10.4. The van der Waals surface area contributed by atoms with E-state index in [1.54, 1.807) is 24.0 Å². The van der Waals surface area contributed by atoms with Gasteiger partial charge in [0.2, 0.25) is 0 Å². The van der Waals surface area contributed by atoms with Gasteiger partial charge in [-0.25, -0.2) is 4.98 Å². The van der Waals surface area contributed by atoms with Crippen molar-refractivity contribution in [2.45, 2.75) is 50.0 Å². The average molecular weight is 712 g/mol. The molecule has 0 saturated heterocycles. The van der Waals surface area contributed by atoms with E-state index in [-0.39, 0.29) is 32.2 Å². The topological polar surface area (TPSA) is 58.9 Å². The summed E-state index contributed by atoms with van der Waals surface area (Å²) in [6, 6.07) is 29.2. The Morgan fingerprint density at radius 3 is 2.15 bits per heavy atom. The number of para-hydroxylation sites is 1. The minimum absolute atomic E-state index is 0. The molecule has 0 aliphatic heterocycles. The van der Waals surface area contributed by atoms with Crippen LogP contribution in [0, 0.1) is 19.9 Å². The van der Waals surface area contributed by atoms with E-state index in [9.17, 15) is 5.11 Å². The van der Waals surface area contributed by atoms with Crippen LogP contribution < -0.4 is 0 Å². The molecule has 2 heterocycles. The van der Waals surface area contributed by atoms with Crippen LogP contribution >= 0.6 is 11.8 Å². The average Bonchev–Trinajstić information content (AvgIpc) is 2.89. The predicted molar refractivity (Wildman–Crippen MR) is 155 cm³/mol. The van der Waals surface area contributed by atoms with Gasteiger partial charge in [0.15, 0.2) is 0 Å². The first-order valence-corrected chi connectivity index (χ1v) is 13.4. The quantitative estimate of drug-likeness (QED) is 0.186.